The van der Waals surface area contributed by atoms with Crippen molar-refractivity contribution in [2.45, 2.75) is 6.04 Å². The number of aromatic amines is 1. The molecule has 90 valence electrons. The average molecular weight is 239 g/mol. The Morgan fingerprint density at radius 3 is 2.71 bits per heavy atom. The number of H-pyrrole nitrogens is 1. The van der Waals surface area contributed by atoms with Gasteiger partial charge in [-0.2, -0.15) is 0 Å². The lowest BCUT2D eigenvalue weighted by Gasteiger charge is -2.12. The number of nitrogens with one attached hydrogen (secondary N) is 1. The van der Waals surface area contributed by atoms with E-state index >= 15 is 0 Å². The zero-order chi connectivity index (χ0) is 12.4. The van der Waals surface area contributed by atoms with Crippen LogP contribution >= 0.6 is 0 Å². The van der Waals surface area contributed by atoms with E-state index in [4.69, 9.17) is 5.73 Å². The SMILES string of the molecule is COc1cc(F)c(C(N)c2ncc[nH]2)cc1F. The van der Waals surface area contributed by atoms with Crippen LogP contribution in [0.2, 0.25) is 0 Å². The largest absolute Gasteiger partial charge is 0.494 e. The van der Waals surface area contributed by atoms with Crippen LogP contribution in [0.4, 0.5) is 8.78 Å². The van der Waals surface area contributed by atoms with Crippen LogP contribution in [0.5, 0.6) is 5.75 Å². The molecule has 17 heavy (non-hydrogen) atoms. The standard InChI is InChI=1S/C11H11F2N3O/c1-17-9-5-7(12)6(4-8(9)13)10(14)11-15-2-3-16-11/h2-5,10H,14H2,1H3,(H,15,16). The number of ether oxygens (including phenoxy) is 1. The van der Waals surface area contributed by atoms with Crippen LogP contribution in [0.15, 0.2) is 24.5 Å². The zero-order valence-electron chi connectivity index (χ0n) is 9.08. The highest BCUT2D eigenvalue weighted by atomic mass is 19.1. The van der Waals surface area contributed by atoms with Crippen LogP contribution in [0, 0.1) is 11.6 Å². The molecule has 0 amide bonds. The molecule has 2 rings (SSSR count). The highest BCUT2D eigenvalue weighted by molar-refractivity contribution is 5.34. The van der Waals surface area contributed by atoms with Gasteiger partial charge >= 0.3 is 0 Å². The summed E-state index contributed by atoms with van der Waals surface area (Å²) in [6, 6.07) is 1.14. The second-order valence-electron chi connectivity index (χ2n) is 3.46. The molecule has 1 heterocycles. The minimum Gasteiger partial charge on any atom is -0.494 e. The van der Waals surface area contributed by atoms with Gasteiger partial charge in [-0.3, -0.25) is 0 Å². The van der Waals surface area contributed by atoms with Gasteiger partial charge in [0.05, 0.1) is 13.2 Å². The van der Waals surface area contributed by atoms with Crippen molar-refractivity contribution >= 4 is 0 Å². The zero-order valence-corrected chi connectivity index (χ0v) is 9.08. The van der Waals surface area contributed by atoms with Gasteiger partial charge < -0.3 is 15.5 Å². The van der Waals surface area contributed by atoms with Gasteiger partial charge in [0.25, 0.3) is 0 Å². The van der Waals surface area contributed by atoms with E-state index in [-0.39, 0.29) is 11.3 Å². The van der Waals surface area contributed by atoms with Gasteiger partial charge in [-0.25, -0.2) is 13.8 Å². The first-order chi connectivity index (χ1) is 8.13. The number of hydrogen-bond acceptors (Lipinski definition) is 3. The second kappa shape index (κ2) is 4.50. The highest BCUT2D eigenvalue weighted by Crippen LogP contribution is 2.26. The summed E-state index contributed by atoms with van der Waals surface area (Å²) >= 11 is 0. The lowest BCUT2D eigenvalue weighted by Crippen LogP contribution is -2.15. The van der Waals surface area contributed by atoms with Gasteiger partial charge in [0, 0.05) is 24.0 Å². The van der Waals surface area contributed by atoms with E-state index in [1.165, 1.54) is 13.3 Å². The summed E-state index contributed by atoms with van der Waals surface area (Å²) in [5.41, 5.74) is 5.81. The smallest absolute Gasteiger partial charge is 0.165 e. The van der Waals surface area contributed by atoms with Gasteiger partial charge in [0.15, 0.2) is 11.6 Å². The number of rotatable bonds is 3. The molecule has 1 unspecified atom stereocenters. The maximum Gasteiger partial charge on any atom is 0.165 e. The summed E-state index contributed by atoms with van der Waals surface area (Å²) in [5.74, 6) is -1.08. The molecule has 0 saturated heterocycles. The molecule has 0 aliphatic carbocycles. The molecule has 0 aliphatic rings. The molecule has 0 fully saturated rings. The van der Waals surface area contributed by atoms with Gasteiger partial charge in [-0.1, -0.05) is 0 Å². The Morgan fingerprint density at radius 1 is 1.35 bits per heavy atom. The second-order valence-corrected chi connectivity index (χ2v) is 3.46. The quantitative estimate of drug-likeness (QED) is 0.857. The maximum atomic E-state index is 13.7. The molecule has 0 bridgehead atoms. The van der Waals surface area contributed by atoms with Gasteiger partial charge in [0.1, 0.15) is 11.6 Å². The third kappa shape index (κ3) is 2.12. The summed E-state index contributed by atoms with van der Waals surface area (Å²) in [6.07, 6.45) is 3.06. The first kappa shape index (κ1) is 11.5. The van der Waals surface area contributed by atoms with Crippen molar-refractivity contribution in [3.8, 4) is 5.75 Å². The fourth-order valence-electron chi connectivity index (χ4n) is 1.53. The normalized spacial score (nSPS) is 12.5. The fraction of sp³-hybridized carbons (Fsp3) is 0.182. The molecular formula is C11H11F2N3O. The van der Waals surface area contributed by atoms with Crippen LogP contribution in [-0.4, -0.2) is 17.1 Å². The molecule has 2 aromatic rings. The van der Waals surface area contributed by atoms with E-state index < -0.39 is 17.7 Å². The lowest BCUT2D eigenvalue weighted by atomic mass is 10.1. The number of nitrogens with two attached hydrogens (primary N) is 1. The fourth-order valence-corrected chi connectivity index (χ4v) is 1.53. The summed E-state index contributed by atoms with van der Waals surface area (Å²) in [5, 5.41) is 0. The molecule has 6 heteroatoms. The molecule has 3 N–H and O–H groups in total. The van der Waals surface area contributed by atoms with Crippen LogP contribution in [0.3, 0.4) is 0 Å². The van der Waals surface area contributed by atoms with E-state index in [1.807, 2.05) is 0 Å². The molecule has 1 aromatic heterocycles. The summed E-state index contributed by atoms with van der Waals surface area (Å²) in [7, 11) is 1.27. The van der Waals surface area contributed by atoms with Crippen molar-refractivity contribution in [3.05, 3.63) is 47.5 Å². The monoisotopic (exact) mass is 239 g/mol. The molecule has 1 atom stereocenters. The van der Waals surface area contributed by atoms with Crippen LogP contribution in [0.25, 0.3) is 0 Å². The van der Waals surface area contributed by atoms with E-state index in [0.717, 1.165) is 12.1 Å². The van der Waals surface area contributed by atoms with Crippen molar-refractivity contribution in [2.75, 3.05) is 7.11 Å². The van der Waals surface area contributed by atoms with Crippen molar-refractivity contribution in [2.24, 2.45) is 5.73 Å². The molecule has 0 radical (unpaired) electrons. The van der Waals surface area contributed by atoms with Gasteiger partial charge in [-0.05, 0) is 6.07 Å². The van der Waals surface area contributed by atoms with Crippen molar-refractivity contribution in [1.29, 1.82) is 0 Å². The Kier molecular flexibility index (Phi) is 3.06. The topological polar surface area (TPSA) is 63.9 Å². The summed E-state index contributed by atoms with van der Waals surface area (Å²) in [6.45, 7) is 0. The molecular weight excluding hydrogens is 228 g/mol. The van der Waals surface area contributed by atoms with E-state index in [0.29, 0.717) is 5.82 Å². The number of nitrogens with zero attached hydrogens (tertiary/aromatic N) is 1. The Balaban J connectivity index is 2.42. The molecule has 0 aliphatic heterocycles. The Hall–Kier alpha value is -1.95. The predicted octanol–water partition coefficient (Wildman–Crippen LogP) is 1.74. The number of imidazole rings is 1. The van der Waals surface area contributed by atoms with Crippen molar-refractivity contribution in [3.63, 3.8) is 0 Å². The van der Waals surface area contributed by atoms with E-state index in [1.54, 1.807) is 6.20 Å². The van der Waals surface area contributed by atoms with Crippen LogP contribution in [0.1, 0.15) is 17.4 Å². The first-order valence-electron chi connectivity index (χ1n) is 4.91. The number of aromatic nitrogens is 2. The third-order valence-electron chi connectivity index (χ3n) is 2.42. The van der Waals surface area contributed by atoms with Crippen LogP contribution < -0.4 is 10.5 Å². The first-order valence-corrected chi connectivity index (χ1v) is 4.91. The molecule has 0 spiro atoms. The third-order valence-corrected chi connectivity index (χ3v) is 2.42. The Morgan fingerprint density at radius 2 is 2.12 bits per heavy atom. The number of methoxy groups -OCH3 is 1. The minimum absolute atomic E-state index is 0.0262. The van der Waals surface area contributed by atoms with E-state index in [2.05, 4.69) is 14.7 Å². The Labute approximate surface area is 96.4 Å². The van der Waals surface area contributed by atoms with Gasteiger partial charge in [0.2, 0.25) is 0 Å². The lowest BCUT2D eigenvalue weighted by molar-refractivity contribution is 0.381. The van der Waals surface area contributed by atoms with Gasteiger partial charge in [-0.15, -0.1) is 0 Å². The average Bonchev–Trinajstić information content (AvgIpc) is 2.84. The summed E-state index contributed by atoms with van der Waals surface area (Å²) < 4.78 is 31.8. The highest BCUT2D eigenvalue weighted by Gasteiger charge is 2.18. The molecule has 0 saturated carbocycles. The molecule has 1 aromatic carbocycles. The summed E-state index contributed by atoms with van der Waals surface area (Å²) in [4.78, 5) is 6.66. The number of halogens is 2. The van der Waals surface area contributed by atoms with E-state index in [9.17, 15) is 8.78 Å². The predicted molar refractivity (Wildman–Crippen MR) is 57.5 cm³/mol. The molecule has 4 nitrogen and oxygen atoms in total. The Bertz CT molecular complexity index is 514. The number of benzene rings is 1. The van der Waals surface area contributed by atoms with Crippen LogP contribution in [-0.2, 0) is 0 Å². The maximum absolute atomic E-state index is 13.7. The van der Waals surface area contributed by atoms with Crippen molar-refractivity contribution < 1.29 is 13.5 Å². The van der Waals surface area contributed by atoms with Crippen molar-refractivity contribution in [1.82, 2.24) is 9.97 Å². The number of hydrogen-bond donors (Lipinski definition) is 2. The minimum atomic E-state index is -0.842.